The van der Waals surface area contributed by atoms with Crippen molar-refractivity contribution in [2.75, 3.05) is 13.7 Å². The lowest BCUT2D eigenvalue weighted by Crippen LogP contribution is -2.25. The maximum absolute atomic E-state index is 12.0. The molecule has 12 heteroatoms. The minimum Gasteiger partial charge on any atom is -0.467 e. The molecule has 1 aromatic heterocycles. The molecule has 0 aliphatic carbocycles. The van der Waals surface area contributed by atoms with Crippen LogP contribution in [0.15, 0.2) is 27.8 Å². The lowest BCUT2D eigenvalue weighted by molar-refractivity contribution is -0.384. The van der Waals surface area contributed by atoms with E-state index >= 15 is 0 Å². The van der Waals surface area contributed by atoms with Crippen LogP contribution in [-0.2, 0) is 16.1 Å². The van der Waals surface area contributed by atoms with Gasteiger partial charge in [-0.15, -0.1) is 0 Å². The van der Waals surface area contributed by atoms with E-state index in [2.05, 4.69) is 31.4 Å². The largest absolute Gasteiger partial charge is 0.467 e. The molecule has 0 spiro atoms. The van der Waals surface area contributed by atoms with Gasteiger partial charge >= 0.3 is 0 Å². The number of ether oxygens (including phenoxy) is 2. The molecule has 0 aliphatic heterocycles. The number of methoxy groups -OCH3 is 1. The smallest absolute Gasteiger partial charge is 0.278 e. The van der Waals surface area contributed by atoms with Gasteiger partial charge in [-0.1, -0.05) is 11.6 Å². The van der Waals surface area contributed by atoms with Crippen molar-refractivity contribution in [3.8, 4) is 11.9 Å². The predicted octanol–water partition coefficient (Wildman–Crippen LogP) is 3.26. The van der Waals surface area contributed by atoms with Gasteiger partial charge in [-0.3, -0.25) is 14.9 Å². The van der Waals surface area contributed by atoms with Gasteiger partial charge in [0.1, 0.15) is 11.6 Å². The predicted molar refractivity (Wildman–Crippen MR) is 111 cm³/mol. The Morgan fingerprint density at radius 2 is 2.27 bits per heavy atom. The fourth-order valence-electron chi connectivity index (χ4n) is 2.30. The van der Waals surface area contributed by atoms with Crippen LogP contribution in [0, 0.1) is 28.4 Å². The highest BCUT2D eigenvalue weighted by Gasteiger charge is 2.18. The van der Waals surface area contributed by atoms with E-state index in [1.54, 1.807) is 6.92 Å². The molecule has 0 bridgehead atoms. The number of rotatable bonds is 8. The van der Waals surface area contributed by atoms with Gasteiger partial charge in [-0.25, -0.2) is 10.4 Å². The molecule has 0 radical (unpaired) electrons. The number of nitrogens with zero attached hydrogens (tertiary/aromatic N) is 4. The van der Waals surface area contributed by atoms with Gasteiger partial charge in [0.25, 0.3) is 11.6 Å². The number of carbonyl (C=O) groups excluding carboxylic acids is 1. The third-order valence-electron chi connectivity index (χ3n) is 3.69. The van der Waals surface area contributed by atoms with Crippen molar-refractivity contribution in [2.24, 2.45) is 5.10 Å². The van der Waals surface area contributed by atoms with Crippen LogP contribution in [0.3, 0.4) is 0 Å². The molecule has 0 atom stereocenters. The Labute approximate surface area is 184 Å². The average Bonchev–Trinajstić information content (AvgIpc) is 2.71. The van der Waals surface area contributed by atoms with Crippen molar-refractivity contribution in [3.05, 3.63) is 60.2 Å². The number of nitriles is 1. The Morgan fingerprint density at radius 1 is 1.53 bits per heavy atom. The summed E-state index contributed by atoms with van der Waals surface area (Å²) in [6.07, 6.45) is 1.17. The maximum atomic E-state index is 12.0. The van der Waals surface area contributed by atoms with Crippen LogP contribution < -0.4 is 10.2 Å². The third kappa shape index (κ3) is 5.73. The molecule has 2 aromatic rings. The lowest BCUT2D eigenvalue weighted by Gasteiger charge is -2.13. The Kier molecular flexibility index (Phi) is 8.23. The van der Waals surface area contributed by atoms with Crippen molar-refractivity contribution >= 4 is 45.3 Å². The van der Waals surface area contributed by atoms with Crippen molar-refractivity contribution in [1.82, 2.24) is 10.4 Å². The van der Waals surface area contributed by atoms with E-state index in [4.69, 9.17) is 21.1 Å². The molecule has 0 aliphatic rings. The summed E-state index contributed by atoms with van der Waals surface area (Å²) in [5.41, 5.74) is 3.58. The van der Waals surface area contributed by atoms with Crippen LogP contribution in [0.1, 0.15) is 22.4 Å². The van der Waals surface area contributed by atoms with Gasteiger partial charge in [0.05, 0.1) is 23.4 Å². The summed E-state index contributed by atoms with van der Waals surface area (Å²) in [4.78, 5) is 26.4. The minimum atomic E-state index is -0.632. The molecule has 1 aromatic carbocycles. The molecule has 0 unspecified atom stereocenters. The summed E-state index contributed by atoms with van der Waals surface area (Å²) < 4.78 is 11.1. The summed E-state index contributed by atoms with van der Waals surface area (Å²) >= 11 is 9.32. The van der Waals surface area contributed by atoms with E-state index in [1.807, 2.05) is 6.07 Å². The molecule has 10 nitrogen and oxygen atoms in total. The molecule has 1 amide bonds. The SMILES string of the molecule is COCc1c(Br)c(C)nc(OCC(=O)N/N=C/c2cc([N+](=O)[O-])ccc2Cl)c1C#N. The van der Waals surface area contributed by atoms with Gasteiger partial charge in [0, 0.05) is 39.9 Å². The molecular formula is C18H15BrClN5O5. The highest BCUT2D eigenvalue weighted by atomic mass is 79.9. The molecule has 1 heterocycles. The average molecular weight is 497 g/mol. The molecule has 2 rings (SSSR count). The first-order valence-corrected chi connectivity index (χ1v) is 9.42. The first-order chi connectivity index (χ1) is 14.3. The lowest BCUT2D eigenvalue weighted by atomic mass is 10.1. The summed E-state index contributed by atoms with van der Waals surface area (Å²) in [6.45, 7) is 1.41. The number of carbonyl (C=O) groups is 1. The van der Waals surface area contributed by atoms with E-state index in [9.17, 15) is 20.2 Å². The zero-order valence-corrected chi connectivity index (χ0v) is 18.2. The summed E-state index contributed by atoms with van der Waals surface area (Å²) in [5.74, 6) is -0.640. The van der Waals surface area contributed by atoms with Crippen molar-refractivity contribution in [1.29, 1.82) is 5.26 Å². The van der Waals surface area contributed by atoms with E-state index < -0.39 is 17.4 Å². The van der Waals surface area contributed by atoms with Gasteiger partial charge in [0.15, 0.2) is 6.61 Å². The number of aromatic nitrogens is 1. The Morgan fingerprint density at radius 3 is 2.90 bits per heavy atom. The standard InChI is InChI=1S/C18H15BrClN5O5/c1-10-17(19)14(8-29-2)13(6-21)18(23-10)30-9-16(26)24-22-7-11-5-12(25(27)28)3-4-15(11)20/h3-5,7H,8-9H2,1-2H3,(H,24,26)/b22-7+. The number of pyridine rings is 1. The maximum Gasteiger partial charge on any atom is 0.278 e. The molecule has 156 valence electrons. The van der Waals surface area contributed by atoms with Crippen LogP contribution in [0.4, 0.5) is 5.69 Å². The van der Waals surface area contributed by atoms with Crippen LogP contribution in [-0.4, -0.2) is 35.7 Å². The highest BCUT2D eigenvalue weighted by molar-refractivity contribution is 9.10. The quantitative estimate of drug-likeness (QED) is 0.336. The van der Waals surface area contributed by atoms with Gasteiger partial charge in [-0.05, 0) is 28.9 Å². The summed E-state index contributed by atoms with van der Waals surface area (Å²) in [7, 11) is 1.49. The second-order valence-corrected chi connectivity index (χ2v) is 6.96. The van der Waals surface area contributed by atoms with Gasteiger partial charge in [-0.2, -0.15) is 10.4 Å². The zero-order valence-electron chi connectivity index (χ0n) is 15.8. The number of hydrogen-bond acceptors (Lipinski definition) is 8. The van der Waals surface area contributed by atoms with E-state index in [0.29, 0.717) is 15.7 Å². The van der Waals surface area contributed by atoms with E-state index in [1.165, 1.54) is 31.5 Å². The van der Waals surface area contributed by atoms with Crippen LogP contribution in [0.25, 0.3) is 0 Å². The molecule has 30 heavy (non-hydrogen) atoms. The summed E-state index contributed by atoms with van der Waals surface area (Å²) in [6, 6.07) is 5.83. The Bertz CT molecular complexity index is 1050. The number of halogens is 2. The molecule has 1 N–H and O–H groups in total. The number of aryl methyl sites for hydroxylation is 1. The third-order valence-corrected chi connectivity index (χ3v) is 5.09. The number of nitrogens with one attached hydrogen (secondary N) is 1. The fourth-order valence-corrected chi connectivity index (χ4v) is 2.87. The summed E-state index contributed by atoms with van der Waals surface area (Å²) in [5, 5.41) is 24.2. The van der Waals surface area contributed by atoms with Crippen molar-refractivity contribution in [2.45, 2.75) is 13.5 Å². The van der Waals surface area contributed by atoms with E-state index in [-0.39, 0.29) is 34.3 Å². The normalized spacial score (nSPS) is 10.6. The molecule has 0 saturated carbocycles. The highest BCUT2D eigenvalue weighted by Crippen LogP contribution is 2.30. The van der Waals surface area contributed by atoms with Crippen molar-refractivity contribution in [3.63, 3.8) is 0 Å². The fraction of sp³-hybridized carbons (Fsp3) is 0.222. The monoisotopic (exact) mass is 495 g/mol. The minimum absolute atomic E-state index is 0.00823. The Balaban J connectivity index is 2.07. The van der Waals surface area contributed by atoms with Gasteiger partial charge in [0.2, 0.25) is 5.88 Å². The number of non-ortho nitro benzene ring substituents is 1. The Hall–Kier alpha value is -3.07. The number of hydrogen-bond donors (Lipinski definition) is 1. The first-order valence-electron chi connectivity index (χ1n) is 8.25. The molecular weight excluding hydrogens is 482 g/mol. The van der Waals surface area contributed by atoms with Crippen LogP contribution in [0.2, 0.25) is 5.02 Å². The number of nitro groups is 1. The zero-order chi connectivity index (χ0) is 22.3. The van der Waals surface area contributed by atoms with E-state index in [0.717, 1.165) is 0 Å². The van der Waals surface area contributed by atoms with Crippen LogP contribution >= 0.6 is 27.5 Å². The van der Waals surface area contributed by atoms with Crippen LogP contribution in [0.5, 0.6) is 5.88 Å². The number of amides is 1. The first kappa shape index (κ1) is 23.2. The van der Waals surface area contributed by atoms with Gasteiger partial charge < -0.3 is 9.47 Å². The number of nitro benzene ring substituents is 1. The molecule has 0 saturated heterocycles. The number of hydrazone groups is 1. The topological polar surface area (TPSA) is 140 Å². The second-order valence-electron chi connectivity index (χ2n) is 5.76. The molecule has 0 fully saturated rings. The van der Waals surface area contributed by atoms with Crippen molar-refractivity contribution < 1.29 is 19.2 Å². The number of benzene rings is 1. The second kappa shape index (κ2) is 10.6.